The molecule has 1 aliphatic heterocycles. The Morgan fingerprint density at radius 1 is 1.00 bits per heavy atom. The van der Waals surface area contributed by atoms with E-state index in [9.17, 15) is 4.79 Å². The van der Waals surface area contributed by atoms with Crippen LogP contribution in [0.3, 0.4) is 0 Å². The van der Waals surface area contributed by atoms with E-state index in [1.807, 2.05) is 24.3 Å². The topological polar surface area (TPSA) is 47.6 Å². The van der Waals surface area contributed by atoms with Crippen molar-refractivity contribution in [3.05, 3.63) is 54.1 Å². The zero-order valence-corrected chi connectivity index (χ0v) is 17.9. The van der Waals surface area contributed by atoms with Gasteiger partial charge in [0.2, 0.25) is 0 Å². The predicted octanol–water partition coefficient (Wildman–Crippen LogP) is 5.20. The van der Waals surface area contributed by atoms with Crippen LogP contribution in [0.5, 0.6) is 0 Å². The van der Waals surface area contributed by atoms with Gasteiger partial charge in [0.15, 0.2) is 0 Å². The molecule has 5 nitrogen and oxygen atoms in total. The maximum atomic E-state index is 12.3. The molecule has 1 saturated heterocycles. The minimum atomic E-state index is -0.217. The highest BCUT2D eigenvalue weighted by Gasteiger charge is 2.23. The SMILES string of the molecule is CCCCCc1ccc(NC(=O)Nc2ccc(N3CCC(N(C)C)C3)cc2)cc1. The summed E-state index contributed by atoms with van der Waals surface area (Å²) in [6.45, 7) is 4.34. The number of likely N-dealkylation sites (N-methyl/N-ethyl adjacent to an activating group) is 1. The molecule has 3 rings (SSSR count). The predicted molar refractivity (Wildman–Crippen MR) is 123 cm³/mol. The molecule has 2 N–H and O–H groups in total. The molecule has 2 aromatic rings. The van der Waals surface area contributed by atoms with Crippen LogP contribution in [0.15, 0.2) is 48.5 Å². The fourth-order valence-electron chi connectivity index (χ4n) is 3.78. The summed E-state index contributed by atoms with van der Waals surface area (Å²) in [6, 6.07) is 16.6. The minimum Gasteiger partial charge on any atom is -0.370 e. The lowest BCUT2D eigenvalue weighted by Crippen LogP contribution is -2.31. The second-order valence-electron chi connectivity index (χ2n) is 8.13. The van der Waals surface area contributed by atoms with Gasteiger partial charge >= 0.3 is 6.03 Å². The molecule has 1 aliphatic rings. The second-order valence-corrected chi connectivity index (χ2v) is 8.13. The van der Waals surface area contributed by atoms with Crippen molar-refractivity contribution >= 4 is 23.1 Å². The van der Waals surface area contributed by atoms with Crippen LogP contribution in [0.4, 0.5) is 21.9 Å². The summed E-state index contributed by atoms with van der Waals surface area (Å²) in [6.07, 6.45) is 5.99. The van der Waals surface area contributed by atoms with Crippen molar-refractivity contribution in [2.75, 3.05) is 42.7 Å². The average Bonchev–Trinajstić information content (AvgIpc) is 3.21. The maximum Gasteiger partial charge on any atom is 0.323 e. The van der Waals surface area contributed by atoms with Crippen molar-refractivity contribution in [2.45, 2.75) is 45.1 Å². The van der Waals surface area contributed by atoms with Crippen LogP contribution in [-0.2, 0) is 6.42 Å². The van der Waals surface area contributed by atoms with Crippen molar-refractivity contribution in [2.24, 2.45) is 0 Å². The number of unbranched alkanes of at least 4 members (excludes halogenated alkanes) is 2. The number of carbonyl (C=O) groups is 1. The standard InChI is InChI=1S/C24H34N4O/c1-4-5-6-7-19-8-10-20(11-9-19)25-24(29)26-21-12-14-22(15-13-21)28-17-16-23(18-28)27(2)3/h8-15,23H,4-7,16-18H2,1-3H3,(H2,25,26,29). The Bertz CT molecular complexity index is 770. The summed E-state index contributed by atoms with van der Waals surface area (Å²) < 4.78 is 0. The van der Waals surface area contributed by atoms with Crippen LogP contribution in [0, 0.1) is 0 Å². The summed E-state index contributed by atoms with van der Waals surface area (Å²) in [5.41, 5.74) is 4.13. The van der Waals surface area contributed by atoms with Gasteiger partial charge in [0.25, 0.3) is 0 Å². The lowest BCUT2D eigenvalue weighted by molar-refractivity contribution is 0.262. The van der Waals surface area contributed by atoms with Crippen molar-refractivity contribution in [3.63, 3.8) is 0 Å². The number of urea groups is 1. The van der Waals surface area contributed by atoms with E-state index in [1.54, 1.807) is 0 Å². The average molecular weight is 395 g/mol. The third kappa shape index (κ3) is 6.23. The van der Waals surface area contributed by atoms with E-state index in [2.05, 4.69) is 65.7 Å². The Labute approximate surface area is 175 Å². The van der Waals surface area contributed by atoms with Crippen LogP contribution >= 0.6 is 0 Å². The van der Waals surface area contributed by atoms with Gasteiger partial charge in [0.05, 0.1) is 0 Å². The Morgan fingerprint density at radius 3 is 2.17 bits per heavy atom. The Morgan fingerprint density at radius 2 is 1.62 bits per heavy atom. The van der Waals surface area contributed by atoms with E-state index in [-0.39, 0.29) is 6.03 Å². The molecule has 0 radical (unpaired) electrons. The number of hydrogen-bond acceptors (Lipinski definition) is 3. The molecule has 0 saturated carbocycles. The van der Waals surface area contributed by atoms with Crippen LogP contribution in [-0.4, -0.2) is 44.2 Å². The van der Waals surface area contributed by atoms with Crippen molar-refractivity contribution < 1.29 is 4.79 Å². The normalized spacial score (nSPS) is 16.3. The van der Waals surface area contributed by atoms with Gasteiger partial charge in [-0.3, -0.25) is 0 Å². The minimum absolute atomic E-state index is 0.217. The van der Waals surface area contributed by atoms with Crippen molar-refractivity contribution in [1.29, 1.82) is 0 Å². The highest BCUT2D eigenvalue weighted by atomic mass is 16.2. The van der Waals surface area contributed by atoms with Crippen LogP contribution < -0.4 is 15.5 Å². The Kier molecular flexibility index (Phi) is 7.53. The summed E-state index contributed by atoms with van der Waals surface area (Å²) in [7, 11) is 4.28. The van der Waals surface area contributed by atoms with Gasteiger partial charge in [-0.25, -0.2) is 4.79 Å². The molecule has 1 heterocycles. The number of rotatable bonds is 8. The molecule has 0 bridgehead atoms. The number of hydrogen-bond donors (Lipinski definition) is 2. The van der Waals surface area contributed by atoms with E-state index >= 15 is 0 Å². The Balaban J connectivity index is 1.48. The number of benzene rings is 2. The molecule has 5 heteroatoms. The smallest absolute Gasteiger partial charge is 0.323 e. The lowest BCUT2D eigenvalue weighted by atomic mass is 10.1. The van der Waals surface area contributed by atoms with E-state index < -0.39 is 0 Å². The first kappa shape index (κ1) is 21.2. The number of amides is 2. The summed E-state index contributed by atoms with van der Waals surface area (Å²) in [5.74, 6) is 0. The van der Waals surface area contributed by atoms with Gasteiger partial charge in [-0.1, -0.05) is 31.9 Å². The zero-order valence-electron chi connectivity index (χ0n) is 17.9. The maximum absolute atomic E-state index is 12.3. The van der Waals surface area contributed by atoms with Crippen LogP contribution in [0.2, 0.25) is 0 Å². The first-order valence-corrected chi connectivity index (χ1v) is 10.7. The summed E-state index contributed by atoms with van der Waals surface area (Å²) in [4.78, 5) is 17.0. The monoisotopic (exact) mass is 394 g/mol. The van der Waals surface area contributed by atoms with Gasteiger partial charge in [0, 0.05) is 36.2 Å². The number of nitrogens with one attached hydrogen (secondary N) is 2. The largest absolute Gasteiger partial charge is 0.370 e. The van der Waals surface area contributed by atoms with Crippen LogP contribution in [0.1, 0.15) is 38.2 Å². The van der Waals surface area contributed by atoms with E-state index in [0.717, 1.165) is 30.9 Å². The number of nitrogens with zero attached hydrogens (tertiary/aromatic N) is 2. The van der Waals surface area contributed by atoms with Crippen molar-refractivity contribution in [3.8, 4) is 0 Å². The van der Waals surface area contributed by atoms with Crippen LogP contribution in [0.25, 0.3) is 0 Å². The van der Waals surface area contributed by atoms with Gasteiger partial charge in [-0.05, 0) is 75.3 Å². The molecule has 0 aromatic heterocycles. The van der Waals surface area contributed by atoms with Gasteiger partial charge in [0.1, 0.15) is 0 Å². The Hall–Kier alpha value is -2.53. The van der Waals surface area contributed by atoms with E-state index in [4.69, 9.17) is 0 Å². The number of aryl methyl sites for hydroxylation is 1. The number of carbonyl (C=O) groups excluding carboxylic acids is 1. The number of anilines is 3. The lowest BCUT2D eigenvalue weighted by Gasteiger charge is -2.22. The molecule has 29 heavy (non-hydrogen) atoms. The first-order valence-electron chi connectivity index (χ1n) is 10.7. The second kappa shape index (κ2) is 10.3. The molecular weight excluding hydrogens is 360 g/mol. The summed E-state index contributed by atoms with van der Waals surface area (Å²) >= 11 is 0. The third-order valence-electron chi connectivity index (χ3n) is 5.66. The quantitative estimate of drug-likeness (QED) is 0.605. The fraction of sp³-hybridized carbons (Fsp3) is 0.458. The molecule has 2 amide bonds. The summed E-state index contributed by atoms with van der Waals surface area (Å²) in [5, 5.41) is 5.82. The highest BCUT2D eigenvalue weighted by molar-refractivity contribution is 5.99. The molecule has 1 unspecified atom stereocenters. The van der Waals surface area contributed by atoms with E-state index in [0.29, 0.717) is 6.04 Å². The van der Waals surface area contributed by atoms with Gasteiger partial charge < -0.3 is 20.4 Å². The third-order valence-corrected chi connectivity index (χ3v) is 5.66. The van der Waals surface area contributed by atoms with E-state index in [1.165, 1.54) is 36.9 Å². The highest BCUT2D eigenvalue weighted by Crippen LogP contribution is 2.24. The zero-order chi connectivity index (χ0) is 20.6. The molecule has 0 aliphatic carbocycles. The van der Waals surface area contributed by atoms with Gasteiger partial charge in [-0.2, -0.15) is 0 Å². The first-order chi connectivity index (χ1) is 14.0. The molecule has 1 atom stereocenters. The van der Waals surface area contributed by atoms with Gasteiger partial charge in [-0.15, -0.1) is 0 Å². The molecule has 0 spiro atoms. The molecule has 156 valence electrons. The molecular formula is C24H34N4O. The molecule has 1 fully saturated rings. The molecule has 2 aromatic carbocycles. The van der Waals surface area contributed by atoms with Crippen molar-refractivity contribution in [1.82, 2.24) is 4.90 Å². The fourth-order valence-corrected chi connectivity index (χ4v) is 3.78.